The lowest BCUT2D eigenvalue weighted by atomic mass is 10.0. The molecule has 0 amide bonds. The Morgan fingerprint density at radius 1 is 1.21 bits per heavy atom. The van der Waals surface area contributed by atoms with E-state index in [0.29, 0.717) is 11.6 Å². The average molecular weight is 336 g/mol. The maximum absolute atomic E-state index is 9.24. The number of benzene rings is 2. The molecular formula is C15H12BrClN2. The molecular weight excluding hydrogens is 324 g/mol. The van der Waals surface area contributed by atoms with Crippen LogP contribution in [0.4, 0.5) is 5.69 Å². The zero-order chi connectivity index (χ0) is 13.7. The molecule has 2 rings (SSSR count). The third-order valence-electron chi connectivity index (χ3n) is 2.79. The first-order chi connectivity index (χ1) is 9.20. The maximum Gasteiger partial charge on any atom is 0.0885 e. The SMILES string of the molecule is N#CC(CNc1ccc(Cl)c(Br)c1)c1ccccc1. The number of nitrogens with one attached hydrogen (secondary N) is 1. The van der Waals surface area contributed by atoms with Gasteiger partial charge in [0, 0.05) is 16.7 Å². The number of anilines is 1. The van der Waals surface area contributed by atoms with Gasteiger partial charge < -0.3 is 5.32 Å². The molecule has 0 saturated heterocycles. The quantitative estimate of drug-likeness (QED) is 0.869. The number of nitrogens with zero attached hydrogens (tertiary/aromatic N) is 1. The number of halogens is 2. The van der Waals surface area contributed by atoms with Gasteiger partial charge in [0.15, 0.2) is 0 Å². The van der Waals surface area contributed by atoms with E-state index in [-0.39, 0.29) is 5.92 Å². The van der Waals surface area contributed by atoms with E-state index in [1.807, 2.05) is 48.5 Å². The molecule has 0 aliphatic carbocycles. The second kappa shape index (κ2) is 6.60. The van der Waals surface area contributed by atoms with E-state index in [1.165, 1.54) is 0 Å². The molecule has 0 aliphatic heterocycles. The van der Waals surface area contributed by atoms with Gasteiger partial charge in [0.1, 0.15) is 0 Å². The van der Waals surface area contributed by atoms with Crippen LogP contribution >= 0.6 is 27.5 Å². The highest BCUT2D eigenvalue weighted by molar-refractivity contribution is 9.10. The van der Waals surface area contributed by atoms with Crippen LogP contribution in [0.1, 0.15) is 11.5 Å². The lowest BCUT2D eigenvalue weighted by molar-refractivity contribution is 0.900. The first kappa shape index (κ1) is 13.9. The Balaban J connectivity index is 2.05. The van der Waals surface area contributed by atoms with Crippen molar-refractivity contribution in [2.24, 2.45) is 0 Å². The van der Waals surface area contributed by atoms with Crippen LogP contribution in [0.25, 0.3) is 0 Å². The highest BCUT2D eigenvalue weighted by Crippen LogP contribution is 2.26. The van der Waals surface area contributed by atoms with Crippen LogP contribution in [-0.4, -0.2) is 6.54 Å². The minimum absolute atomic E-state index is 0.171. The standard InChI is InChI=1S/C15H12BrClN2/c16-14-8-13(6-7-15(14)17)19-10-12(9-18)11-4-2-1-3-5-11/h1-8,12,19H,10H2. The number of hydrogen-bond donors (Lipinski definition) is 1. The fourth-order valence-electron chi connectivity index (χ4n) is 1.75. The number of rotatable bonds is 4. The van der Waals surface area contributed by atoms with Crippen molar-refractivity contribution in [2.45, 2.75) is 5.92 Å². The molecule has 2 aromatic rings. The minimum Gasteiger partial charge on any atom is -0.383 e. The van der Waals surface area contributed by atoms with E-state index in [9.17, 15) is 5.26 Å². The van der Waals surface area contributed by atoms with Gasteiger partial charge in [0.25, 0.3) is 0 Å². The Kier molecular flexibility index (Phi) is 4.84. The molecule has 2 nitrogen and oxygen atoms in total. The molecule has 1 N–H and O–H groups in total. The molecule has 0 radical (unpaired) electrons. The molecule has 19 heavy (non-hydrogen) atoms. The lowest BCUT2D eigenvalue weighted by Gasteiger charge is -2.12. The molecule has 96 valence electrons. The van der Waals surface area contributed by atoms with E-state index in [0.717, 1.165) is 15.7 Å². The van der Waals surface area contributed by atoms with Gasteiger partial charge in [-0.25, -0.2) is 0 Å². The summed E-state index contributed by atoms with van der Waals surface area (Å²) in [4.78, 5) is 0. The summed E-state index contributed by atoms with van der Waals surface area (Å²) >= 11 is 9.32. The van der Waals surface area contributed by atoms with Crippen LogP contribution in [0, 0.1) is 11.3 Å². The van der Waals surface area contributed by atoms with Crippen LogP contribution < -0.4 is 5.32 Å². The normalized spacial score (nSPS) is 11.6. The largest absolute Gasteiger partial charge is 0.383 e. The summed E-state index contributed by atoms with van der Waals surface area (Å²) in [6.45, 7) is 0.564. The third-order valence-corrected chi connectivity index (χ3v) is 4.00. The van der Waals surface area contributed by atoms with Gasteiger partial charge in [0.2, 0.25) is 0 Å². The summed E-state index contributed by atoms with van der Waals surface area (Å²) in [5.41, 5.74) is 1.96. The van der Waals surface area contributed by atoms with Crippen molar-refractivity contribution in [3.05, 3.63) is 63.6 Å². The van der Waals surface area contributed by atoms with E-state index < -0.39 is 0 Å². The topological polar surface area (TPSA) is 35.8 Å². The Morgan fingerprint density at radius 3 is 2.58 bits per heavy atom. The third kappa shape index (κ3) is 3.73. The van der Waals surface area contributed by atoms with E-state index in [4.69, 9.17) is 11.6 Å². The van der Waals surface area contributed by atoms with Crippen LogP contribution in [0.3, 0.4) is 0 Å². The van der Waals surface area contributed by atoms with Gasteiger partial charge in [-0.3, -0.25) is 0 Å². The van der Waals surface area contributed by atoms with Crippen molar-refractivity contribution in [2.75, 3.05) is 11.9 Å². The van der Waals surface area contributed by atoms with Gasteiger partial charge >= 0.3 is 0 Å². The molecule has 0 bridgehead atoms. The molecule has 1 atom stereocenters. The highest BCUT2D eigenvalue weighted by Gasteiger charge is 2.09. The number of nitriles is 1. The molecule has 2 aromatic carbocycles. The summed E-state index contributed by atoms with van der Waals surface area (Å²) < 4.78 is 0.840. The summed E-state index contributed by atoms with van der Waals surface area (Å²) in [6.07, 6.45) is 0. The molecule has 0 spiro atoms. The van der Waals surface area contributed by atoms with E-state index in [2.05, 4.69) is 27.3 Å². The second-order valence-corrected chi connectivity index (χ2v) is 5.36. The van der Waals surface area contributed by atoms with Crippen molar-refractivity contribution >= 4 is 33.2 Å². The molecule has 1 unspecified atom stereocenters. The van der Waals surface area contributed by atoms with Crippen molar-refractivity contribution in [1.29, 1.82) is 5.26 Å². The molecule has 0 heterocycles. The molecule has 4 heteroatoms. The van der Waals surface area contributed by atoms with Crippen LogP contribution in [0.5, 0.6) is 0 Å². The maximum atomic E-state index is 9.24. The first-order valence-corrected chi connectivity index (χ1v) is 7.01. The average Bonchev–Trinajstić information content (AvgIpc) is 2.44. The Bertz CT molecular complexity index is 593. The molecule has 0 aromatic heterocycles. The summed E-state index contributed by atoms with van der Waals surface area (Å²) in [6, 6.07) is 17.7. The molecule has 0 saturated carbocycles. The summed E-state index contributed by atoms with van der Waals surface area (Å²) in [5, 5.41) is 13.2. The van der Waals surface area contributed by atoms with Gasteiger partial charge in [-0.2, -0.15) is 5.26 Å². The van der Waals surface area contributed by atoms with Crippen molar-refractivity contribution < 1.29 is 0 Å². The molecule has 0 aliphatic rings. The first-order valence-electron chi connectivity index (χ1n) is 5.84. The number of hydrogen-bond acceptors (Lipinski definition) is 2. The monoisotopic (exact) mass is 334 g/mol. The van der Waals surface area contributed by atoms with Gasteiger partial charge in [-0.05, 0) is 39.7 Å². The Morgan fingerprint density at radius 2 is 1.95 bits per heavy atom. The fourth-order valence-corrected chi connectivity index (χ4v) is 2.25. The summed E-state index contributed by atoms with van der Waals surface area (Å²) in [5.74, 6) is -0.171. The lowest BCUT2D eigenvalue weighted by Crippen LogP contribution is -2.11. The predicted octanol–water partition coefficient (Wildman–Crippen LogP) is 4.82. The van der Waals surface area contributed by atoms with Crippen molar-refractivity contribution in [3.8, 4) is 6.07 Å². The van der Waals surface area contributed by atoms with Gasteiger partial charge in [-0.15, -0.1) is 0 Å². The predicted molar refractivity (Wildman–Crippen MR) is 82.4 cm³/mol. The van der Waals surface area contributed by atoms with Crippen LogP contribution in [0.2, 0.25) is 5.02 Å². The van der Waals surface area contributed by atoms with E-state index in [1.54, 1.807) is 0 Å². The minimum atomic E-state index is -0.171. The van der Waals surface area contributed by atoms with Gasteiger partial charge in [-0.1, -0.05) is 41.9 Å². The summed E-state index contributed by atoms with van der Waals surface area (Å²) in [7, 11) is 0. The highest BCUT2D eigenvalue weighted by atomic mass is 79.9. The Hall–Kier alpha value is -1.50. The zero-order valence-electron chi connectivity index (χ0n) is 10.1. The van der Waals surface area contributed by atoms with Crippen molar-refractivity contribution in [1.82, 2.24) is 0 Å². The van der Waals surface area contributed by atoms with Crippen LogP contribution in [0.15, 0.2) is 53.0 Å². The van der Waals surface area contributed by atoms with E-state index >= 15 is 0 Å². The van der Waals surface area contributed by atoms with Crippen LogP contribution in [-0.2, 0) is 0 Å². The Labute approximate surface area is 126 Å². The smallest absolute Gasteiger partial charge is 0.0885 e. The fraction of sp³-hybridized carbons (Fsp3) is 0.133. The zero-order valence-corrected chi connectivity index (χ0v) is 12.4. The van der Waals surface area contributed by atoms with Crippen molar-refractivity contribution in [3.63, 3.8) is 0 Å². The second-order valence-electron chi connectivity index (χ2n) is 4.10. The van der Waals surface area contributed by atoms with Gasteiger partial charge in [0.05, 0.1) is 17.0 Å². The molecule has 0 fully saturated rings.